The number of nitrogens with two attached hydrogens (primary N) is 1. The van der Waals surface area contributed by atoms with Crippen molar-refractivity contribution in [2.24, 2.45) is 11.8 Å². The first kappa shape index (κ1) is 17.0. The standard InChI is InChI=1S/C13H19ClN4O3S/c1-18-5-4-9(13(18)19)3-2-6-22(20,21)10-7-11(14)12(17-15)16-8-10/h7-9H,2-6,15H2,1H3,(H,16,17)/t9-/m1/s1. The molecule has 9 heteroatoms. The molecule has 1 atom stereocenters. The Morgan fingerprint density at radius 3 is 2.82 bits per heavy atom. The van der Waals surface area contributed by atoms with Crippen LogP contribution in [-0.4, -0.2) is 43.6 Å². The number of hydrazine groups is 1. The molecule has 0 bridgehead atoms. The Labute approximate surface area is 134 Å². The number of rotatable bonds is 6. The summed E-state index contributed by atoms with van der Waals surface area (Å²) in [7, 11) is -1.71. The molecular weight excluding hydrogens is 328 g/mol. The smallest absolute Gasteiger partial charge is 0.225 e. The van der Waals surface area contributed by atoms with Crippen molar-refractivity contribution in [2.75, 3.05) is 24.8 Å². The quantitative estimate of drug-likeness (QED) is 0.589. The van der Waals surface area contributed by atoms with Crippen LogP contribution >= 0.6 is 11.6 Å². The summed E-state index contributed by atoms with van der Waals surface area (Å²) >= 11 is 5.89. The average Bonchev–Trinajstić information content (AvgIpc) is 2.79. The van der Waals surface area contributed by atoms with E-state index in [1.807, 2.05) is 0 Å². The maximum atomic E-state index is 12.3. The summed E-state index contributed by atoms with van der Waals surface area (Å²) in [5.74, 6) is 5.42. The van der Waals surface area contributed by atoms with E-state index in [0.717, 1.165) is 13.0 Å². The van der Waals surface area contributed by atoms with E-state index in [4.69, 9.17) is 17.4 Å². The molecule has 0 saturated carbocycles. The van der Waals surface area contributed by atoms with E-state index in [-0.39, 0.29) is 33.3 Å². The van der Waals surface area contributed by atoms with Crippen LogP contribution in [0.1, 0.15) is 19.3 Å². The van der Waals surface area contributed by atoms with Crippen LogP contribution in [0.25, 0.3) is 0 Å². The molecule has 1 aliphatic heterocycles. The van der Waals surface area contributed by atoms with E-state index in [1.165, 1.54) is 12.3 Å². The van der Waals surface area contributed by atoms with Crippen LogP contribution < -0.4 is 11.3 Å². The maximum Gasteiger partial charge on any atom is 0.225 e. The largest absolute Gasteiger partial charge is 0.345 e. The Hall–Kier alpha value is -1.38. The van der Waals surface area contributed by atoms with E-state index < -0.39 is 9.84 Å². The lowest BCUT2D eigenvalue weighted by atomic mass is 10.0. The summed E-state index contributed by atoms with van der Waals surface area (Å²) in [6.45, 7) is 0.739. The number of hydrogen-bond donors (Lipinski definition) is 2. The van der Waals surface area contributed by atoms with Gasteiger partial charge in [-0.05, 0) is 25.3 Å². The van der Waals surface area contributed by atoms with Crippen molar-refractivity contribution < 1.29 is 13.2 Å². The number of nitrogen functional groups attached to an aromatic ring is 1. The summed E-state index contributed by atoms with van der Waals surface area (Å²) in [6, 6.07) is 1.33. The van der Waals surface area contributed by atoms with Gasteiger partial charge in [0.1, 0.15) is 0 Å². The number of nitrogens with zero attached hydrogens (tertiary/aromatic N) is 2. The number of carbonyl (C=O) groups is 1. The van der Waals surface area contributed by atoms with Gasteiger partial charge in [0.15, 0.2) is 15.7 Å². The SMILES string of the molecule is CN1CC[C@@H](CCCS(=O)(=O)c2cnc(NN)c(Cl)c2)C1=O. The minimum Gasteiger partial charge on any atom is -0.345 e. The molecule has 1 amide bonds. The fourth-order valence-corrected chi connectivity index (χ4v) is 4.08. The zero-order chi connectivity index (χ0) is 16.3. The van der Waals surface area contributed by atoms with E-state index in [0.29, 0.717) is 12.8 Å². The number of likely N-dealkylation sites (tertiary alicyclic amines) is 1. The monoisotopic (exact) mass is 346 g/mol. The summed E-state index contributed by atoms with van der Waals surface area (Å²) in [5.41, 5.74) is 2.28. The minimum absolute atomic E-state index is 0.0338. The lowest BCUT2D eigenvalue weighted by Crippen LogP contribution is -2.22. The highest BCUT2D eigenvalue weighted by molar-refractivity contribution is 7.91. The van der Waals surface area contributed by atoms with Crippen molar-refractivity contribution in [3.8, 4) is 0 Å². The van der Waals surface area contributed by atoms with Crippen molar-refractivity contribution >= 4 is 33.2 Å². The third kappa shape index (κ3) is 3.68. The Kier molecular flexibility index (Phi) is 5.25. The number of halogens is 1. The van der Waals surface area contributed by atoms with E-state index in [1.54, 1.807) is 11.9 Å². The van der Waals surface area contributed by atoms with Gasteiger partial charge in [0, 0.05) is 25.7 Å². The van der Waals surface area contributed by atoms with Crippen LogP contribution in [-0.2, 0) is 14.6 Å². The van der Waals surface area contributed by atoms with Crippen LogP contribution in [0.4, 0.5) is 5.82 Å². The van der Waals surface area contributed by atoms with Crippen molar-refractivity contribution in [3.05, 3.63) is 17.3 Å². The predicted molar refractivity (Wildman–Crippen MR) is 84.1 cm³/mol. The summed E-state index contributed by atoms with van der Waals surface area (Å²) in [4.78, 5) is 17.4. The number of aromatic nitrogens is 1. The Balaban J connectivity index is 1.97. The molecule has 1 aromatic rings. The molecule has 0 unspecified atom stereocenters. The van der Waals surface area contributed by atoms with Gasteiger partial charge in [-0.25, -0.2) is 19.2 Å². The van der Waals surface area contributed by atoms with Crippen LogP contribution in [0, 0.1) is 5.92 Å². The lowest BCUT2D eigenvalue weighted by Gasteiger charge is -2.10. The molecule has 1 aromatic heterocycles. The Morgan fingerprint density at radius 1 is 1.55 bits per heavy atom. The fraction of sp³-hybridized carbons (Fsp3) is 0.538. The molecule has 2 heterocycles. The van der Waals surface area contributed by atoms with Gasteiger partial charge in [-0.15, -0.1) is 0 Å². The molecular formula is C13H19ClN4O3S. The molecule has 2 rings (SSSR count). The molecule has 0 spiro atoms. The van der Waals surface area contributed by atoms with Gasteiger partial charge >= 0.3 is 0 Å². The van der Waals surface area contributed by atoms with Gasteiger partial charge in [0.2, 0.25) is 5.91 Å². The molecule has 7 nitrogen and oxygen atoms in total. The van der Waals surface area contributed by atoms with E-state index in [9.17, 15) is 13.2 Å². The molecule has 3 N–H and O–H groups in total. The number of nitrogens with one attached hydrogen (secondary N) is 1. The predicted octanol–water partition coefficient (Wildman–Crippen LogP) is 1.05. The van der Waals surface area contributed by atoms with Gasteiger partial charge in [0.05, 0.1) is 15.7 Å². The second-order valence-electron chi connectivity index (χ2n) is 5.35. The number of amides is 1. The minimum atomic E-state index is -3.47. The molecule has 1 saturated heterocycles. The van der Waals surface area contributed by atoms with Crippen molar-refractivity contribution in [1.82, 2.24) is 9.88 Å². The first-order valence-electron chi connectivity index (χ1n) is 6.95. The van der Waals surface area contributed by atoms with Crippen LogP contribution in [0.2, 0.25) is 5.02 Å². The van der Waals surface area contributed by atoms with Gasteiger partial charge in [-0.2, -0.15) is 0 Å². The maximum absolute atomic E-state index is 12.3. The Morgan fingerprint density at radius 2 is 2.27 bits per heavy atom. The van der Waals surface area contributed by atoms with E-state index in [2.05, 4.69) is 10.4 Å². The highest BCUT2D eigenvalue weighted by Crippen LogP contribution is 2.25. The zero-order valence-electron chi connectivity index (χ0n) is 12.3. The molecule has 0 aliphatic carbocycles. The second-order valence-corrected chi connectivity index (χ2v) is 7.87. The molecule has 0 aromatic carbocycles. The second kappa shape index (κ2) is 6.80. The van der Waals surface area contributed by atoms with Gasteiger partial charge in [-0.3, -0.25) is 4.79 Å². The number of sulfone groups is 1. The van der Waals surface area contributed by atoms with Gasteiger partial charge in [0.25, 0.3) is 0 Å². The normalized spacial score (nSPS) is 18.8. The van der Waals surface area contributed by atoms with Crippen molar-refractivity contribution in [3.63, 3.8) is 0 Å². The molecule has 122 valence electrons. The average molecular weight is 347 g/mol. The number of anilines is 1. The highest BCUT2D eigenvalue weighted by atomic mass is 35.5. The topological polar surface area (TPSA) is 105 Å². The molecule has 1 fully saturated rings. The van der Waals surface area contributed by atoms with Crippen LogP contribution in [0.15, 0.2) is 17.2 Å². The third-order valence-electron chi connectivity index (χ3n) is 3.82. The Bertz CT molecular complexity index is 665. The summed E-state index contributed by atoms with van der Waals surface area (Å²) in [5, 5.41) is 0.149. The summed E-state index contributed by atoms with van der Waals surface area (Å²) < 4.78 is 24.5. The van der Waals surface area contributed by atoms with Crippen molar-refractivity contribution in [2.45, 2.75) is 24.2 Å². The zero-order valence-corrected chi connectivity index (χ0v) is 13.8. The van der Waals surface area contributed by atoms with Gasteiger partial charge < -0.3 is 10.3 Å². The number of pyridine rings is 1. The van der Waals surface area contributed by atoms with Crippen LogP contribution in [0.5, 0.6) is 0 Å². The fourth-order valence-electron chi connectivity index (χ4n) is 2.50. The molecule has 0 radical (unpaired) electrons. The van der Waals surface area contributed by atoms with Crippen LogP contribution in [0.3, 0.4) is 0 Å². The highest BCUT2D eigenvalue weighted by Gasteiger charge is 2.29. The molecule has 1 aliphatic rings. The first-order chi connectivity index (χ1) is 10.3. The third-order valence-corrected chi connectivity index (χ3v) is 5.87. The first-order valence-corrected chi connectivity index (χ1v) is 8.98. The summed E-state index contributed by atoms with van der Waals surface area (Å²) in [6.07, 6.45) is 3.03. The van der Waals surface area contributed by atoms with Crippen molar-refractivity contribution in [1.29, 1.82) is 0 Å². The van der Waals surface area contributed by atoms with Gasteiger partial charge in [-0.1, -0.05) is 11.6 Å². The van der Waals surface area contributed by atoms with E-state index >= 15 is 0 Å². The number of hydrogen-bond acceptors (Lipinski definition) is 6. The number of carbonyl (C=O) groups excluding carboxylic acids is 1. The lowest BCUT2D eigenvalue weighted by molar-refractivity contribution is -0.130. The molecule has 22 heavy (non-hydrogen) atoms.